The fraction of sp³-hybridized carbons (Fsp3) is 0.0769. The molecule has 0 saturated heterocycles. The van der Waals surface area contributed by atoms with Gasteiger partial charge in [-0.05, 0) is 35.9 Å². The fourth-order valence-corrected chi connectivity index (χ4v) is 2.36. The molecule has 16 heavy (non-hydrogen) atoms. The van der Waals surface area contributed by atoms with Gasteiger partial charge in [0.1, 0.15) is 0 Å². The first-order valence-electron chi connectivity index (χ1n) is 5.07. The Bertz CT molecular complexity index is 437. The Labute approximate surface area is 99.7 Å². The second kappa shape index (κ2) is 4.94. The van der Waals surface area contributed by atoms with E-state index in [-0.39, 0.29) is 0 Å². The highest BCUT2D eigenvalue weighted by atomic mass is 32.2. The minimum absolute atomic E-state index is 0.803. The minimum atomic E-state index is 0.803. The quantitative estimate of drug-likeness (QED) is 0.629. The SMILES string of the molecule is Nc1cccc(CSc2cccc(N)c2)c1. The van der Waals surface area contributed by atoms with E-state index in [0.717, 1.165) is 17.1 Å². The lowest BCUT2D eigenvalue weighted by atomic mass is 10.2. The van der Waals surface area contributed by atoms with Gasteiger partial charge >= 0.3 is 0 Å². The summed E-state index contributed by atoms with van der Waals surface area (Å²) in [5, 5.41) is 0. The monoisotopic (exact) mass is 230 g/mol. The lowest BCUT2D eigenvalue weighted by Gasteiger charge is -2.03. The van der Waals surface area contributed by atoms with Crippen molar-refractivity contribution in [3.8, 4) is 0 Å². The summed E-state index contributed by atoms with van der Waals surface area (Å²) in [6.07, 6.45) is 0. The topological polar surface area (TPSA) is 52.0 Å². The molecule has 2 rings (SSSR count). The van der Waals surface area contributed by atoms with Crippen molar-refractivity contribution in [3.05, 3.63) is 54.1 Å². The van der Waals surface area contributed by atoms with Crippen molar-refractivity contribution in [2.24, 2.45) is 0 Å². The highest BCUT2D eigenvalue weighted by Crippen LogP contribution is 2.24. The number of thioether (sulfide) groups is 1. The largest absolute Gasteiger partial charge is 0.399 e. The average Bonchev–Trinajstić information content (AvgIpc) is 2.27. The molecule has 0 radical (unpaired) electrons. The molecule has 3 heteroatoms. The van der Waals surface area contributed by atoms with Crippen LogP contribution in [0.4, 0.5) is 11.4 Å². The summed E-state index contributed by atoms with van der Waals surface area (Å²) in [4.78, 5) is 1.18. The molecule has 0 aliphatic carbocycles. The van der Waals surface area contributed by atoms with Gasteiger partial charge in [0.25, 0.3) is 0 Å². The van der Waals surface area contributed by atoms with Gasteiger partial charge in [-0.2, -0.15) is 0 Å². The van der Waals surface area contributed by atoms with Gasteiger partial charge in [0.2, 0.25) is 0 Å². The molecule has 0 atom stereocenters. The average molecular weight is 230 g/mol. The van der Waals surface area contributed by atoms with Crippen molar-refractivity contribution in [3.63, 3.8) is 0 Å². The molecule has 0 aliphatic rings. The third kappa shape index (κ3) is 2.94. The van der Waals surface area contributed by atoms with Crippen LogP contribution in [-0.4, -0.2) is 0 Å². The standard InChI is InChI=1S/C13H14N2S/c14-11-4-1-3-10(7-11)9-16-13-6-2-5-12(15)8-13/h1-8H,9,14-15H2. The van der Waals surface area contributed by atoms with Crippen LogP contribution in [0.5, 0.6) is 0 Å². The molecule has 0 aromatic heterocycles. The van der Waals surface area contributed by atoms with Crippen LogP contribution in [0, 0.1) is 0 Å². The summed E-state index contributed by atoms with van der Waals surface area (Å²) in [5.41, 5.74) is 14.3. The lowest BCUT2D eigenvalue weighted by molar-refractivity contribution is 1.38. The maximum Gasteiger partial charge on any atom is 0.0325 e. The molecule has 0 unspecified atom stereocenters. The molecule has 2 nitrogen and oxygen atoms in total. The first kappa shape index (κ1) is 10.9. The van der Waals surface area contributed by atoms with Crippen LogP contribution in [0.2, 0.25) is 0 Å². The first-order valence-corrected chi connectivity index (χ1v) is 6.05. The van der Waals surface area contributed by atoms with Gasteiger partial charge < -0.3 is 11.5 Å². The zero-order chi connectivity index (χ0) is 11.4. The number of rotatable bonds is 3. The smallest absolute Gasteiger partial charge is 0.0325 e. The van der Waals surface area contributed by atoms with Crippen molar-refractivity contribution in [1.29, 1.82) is 0 Å². The predicted octanol–water partition coefficient (Wildman–Crippen LogP) is 3.14. The zero-order valence-corrected chi connectivity index (χ0v) is 9.71. The van der Waals surface area contributed by atoms with E-state index in [1.165, 1.54) is 10.5 Å². The highest BCUT2D eigenvalue weighted by molar-refractivity contribution is 7.98. The molecule has 0 saturated carbocycles. The predicted molar refractivity (Wildman–Crippen MR) is 71.3 cm³/mol. The van der Waals surface area contributed by atoms with E-state index in [2.05, 4.69) is 12.1 Å². The number of hydrogen-bond donors (Lipinski definition) is 2. The van der Waals surface area contributed by atoms with E-state index < -0.39 is 0 Å². The van der Waals surface area contributed by atoms with Crippen molar-refractivity contribution in [1.82, 2.24) is 0 Å². The number of benzene rings is 2. The van der Waals surface area contributed by atoms with Crippen LogP contribution >= 0.6 is 11.8 Å². The Hall–Kier alpha value is -1.61. The lowest BCUT2D eigenvalue weighted by Crippen LogP contribution is -1.87. The summed E-state index contributed by atoms with van der Waals surface area (Å²) in [7, 11) is 0. The Morgan fingerprint density at radius 2 is 1.56 bits per heavy atom. The molecule has 4 N–H and O–H groups in total. The van der Waals surface area contributed by atoms with Crippen LogP contribution in [0.3, 0.4) is 0 Å². The molecule has 0 aliphatic heterocycles. The summed E-state index contributed by atoms with van der Waals surface area (Å²) >= 11 is 1.76. The summed E-state index contributed by atoms with van der Waals surface area (Å²) in [6, 6.07) is 15.9. The van der Waals surface area contributed by atoms with Gasteiger partial charge in [-0.3, -0.25) is 0 Å². The van der Waals surface area contributed by atoms with Gasteiger partial charge in [0, 0.05) is 22.0 Å². The summed E-state index contributed by atoms with van der Waals surface area (Å²) in [6.45, 7) is 0. The third-order valence-electron chi connectivity index (χ3n) is 2.21. The first-order chi connectivity index (χ1) is 7.74. The van der Waals surface area contributed by atoms with Crippen molar-refractivity contribution >= 4 is 23.1 Å². The van der Waals surface area contributed by atoms with Crippen molar-refractivity contribution < 1.29 is 0 Å². The highest BCUT2D eigenvalue weighted by Gasteiger charge is 1.97. The Balaban J connectivity index is 2.02. The Kier molecular flexibility index (Phi) is 3.37. The van der Waals surface area contributed by atoms with E-state index in [1.807, 2.05) is 36.4 Å². The molecule has 0 bridgehead atoms. The molecule has 0 fully saturated rings. The van der Waals surface area contributed by atoms with Crippen LogP contribution in [0.25, 0.3) is 0 Å². The number of nitrogens with two attached hydrogens (primary N) is 2. The molecular weight excluding hydrogens is 216 g/mol. The minimum Gasteiger partial charge on any atom is -0.399 e. The molecule has 2 aromatic rings. The second-order valence-corrected chi connectivity index (χ2v) is 4.65. The van der Waals surface area contributed by atoms with Gasteiger partial charge in [0.15, 0.2) is 0 Å². The Morgan fingerprint density at radius 1 is 0.875 bits per heavy atom. The molecule has 0 heterocycles. The van der Waals surface area contributed by atoms with Gasteiger partial charge in [0.05, 0.1) is 0 Å². The van der Waals surface area contributed by atoms with Crippen LogP contribution in [0.15, 0.2) is 53.4 Å². The van der Waals surface area contributed by atoms with E-state index >= 15 is 0 Å². The number of hydrogen-bond acceptors (Lipinski definition) is 3. The Morgan fingerprint density at radius 3 is 2.25 bits per heavy atom. The van der Waals surface area contributed by atoms with Gasteiger partial charge in [-0.25, -0.2) is 0 Å². The number of nitrogen functional groups attached to an aromatic ring is 2. The maximum atomic E-state index is 5.72. The van der Waals surface area contributed by atoms with Gasteiger partial charge in [-0.15, -0.1) is 11.8 Å². The molecule has 0 amide bonds. The number of anilines is 2. The van der Waals surface area contributed by atoms with E-state index in [0.29, 0.717) is 0 Å². The summed E-state index contributed by atoms with van der Waals surface area (Å²) < 4.78 is 0. The fourth-order valence-electron chi connectivity index (χ4n) is 1.45. The molecule has 2 aromatic carbocycles. The van der Waals surface area contributed by atoms with Crippen LogP contribution in [0.1, 0.15) is 5.56 Å². The maximum absolute atomic E-state index is 5.72. The van der Waals surface area contributed by atoms with Crippen LogP contribution < -0.4 is 11.5 Å². The third-order valence-corrected chi connectivity index (χ3v) is 3.28. The molecule has 82 valence electrons. The van der Waals surface area contributed by atoms with E-state index in [4.69, 9.17) is 11.5 Å². The van der Waals surface area contributed by atoms with Crippen LogP contribution in [-0.2, 0) is 5.75 Å². The molecular formula is C13H14N2S. The van der Waals surface area contributed by atoms with E-state index in [9.17, 15) is 0 Å². The molecule has 0 spiro atoms. The van der Waals surface area contributed by atoms with Gasteiger partial charge in [-0.1, -0.05) is 18.2 Å². The zero-order valence-electron chi connectivity index (χ0n) is 8.89. The second-order valence-electron chi connectivity index (χ2n) is 3.61. The van der Waals surface area contributed by atoms with E-state index in [1.54, 1.807) is 11.8 Å². The summed E-state index contributed by atoms with van der Waals surface area (Å²) in [5.74, 6) is 0.911. The van der Waals surface area contributed by atoms with Crippen molar-refractivity contribution in [2.45, 2.75) is 10.6 Å². The van der Waals surface area contributed by atoms with Crippen molar-refractivity contribution in [2.75, 3.05) is 11.5 Å². The normalized spacial score (nSPS) is 10.2.